The minimum Gasteiger partial charge on any atom is -0.481 e. The van der Waals surface area contributed by atoms with Gasteiger partial charge in [0.1, 0.15) is 5.60 Å². The molecule has 0 aromatic carbocycles. The zero-order valence-electron chi connectivity index (χ0n) is 12.6. The molecule has 0 bridgehead atoms. The molecule has 1 aliphatic rings. The number of hydrogen-bond acceptors (Lipinski definition) is 4. The number of aliphatic carboxylic acids is 1. The SMILES string of the molecule is CC(C)(C)OC(=O)NC1CCCC(NCCC(=O)O)C1. The lowest BCUT2D eigenvalue weighted by atomic mass is 9.91. The van der Waals surface area contributed by atoms with Gasteiger partial charge in [-0.3, -0.25) is 4.79 Å². The Morgan fingerprint density at radius 1 is 1.25 bits per heavy atom. The highest BCUT2D eigenvalue weighted by atomic mass is 16.6. The van der Waals surface area contributed by atoms with Crippen molar-refractivity contribution >= 4 is 12.1 Å². The van der Waals surface area contributed by atoms with Gasteiger partial charge in [-0.25, -0.2) is 4.79 Å². The van der Waals surface area contributed by atoms with Gasteiger partial charge in [0.15, 0.2) is 0 Å². The van der Waals surface area contributed by atoms with Crippen molar-refractivity contribution in [1.29, 1.82) is 0 Å². The quantitative estimate of drug-likeness (QED) is 0.718. The summed E-state index contributed by atoms with van der Waals surface area (Å²) in [5, 5.41) is 14.7. The Bertz CT molecular complexity index is 339. The number of hydrogen-bond donors (Lipinski definition) is 3. The van der Waals surface area contributed by atoms with Crippen molar-refractivity contribution in [3.63, 3.8) is 0 Å². The monoisotopic (exact) mass is 286 g/mol. The lowest BCUT2D eigenvalue weighted by molar-refractivity contribution is -0.136. The van der Waals surface area contributed by atoms with Gasteiger partial charge in [-0.1, -0.05) is 0 Å². The zero-order chi connectivity index (χ0) is 15.2. The summed E-state index contributed by atoms with van der Waals surface area (Å²) in [5.41, 5.74) is -0.488. The maximum Gasteiger partial charge on any atom is 0.407 e. The Labute approximate surface area is 120 Å². The number of amides is 1. The van der Waals surface area contributed by atoms with Gasteiger partial charge in [0.05, 0.1) is 6.42 Å². The summed E-state index contributed by atoms with van der Waals surface area (Å²) in [6.07, 6.45) is 3.54. The van der Waals surface area contributed by atoms with Crippen LogP contribution in [0.15, 0.2) is 0 Å². The highest BCUT2D eigenvalue weighted by Gasteiger charge is 2.25. The van der Waals surface area contributed by atoms with Crippen LogP contribution in [-0.4, -0.2) is 41.4 Å². The lowest BCUT2D eigenvalue weighted by Crippen LogP contribution is -2.45. The summed E-state index contributed by atoms with van der Waals surface area (Å²) in [7, 11) is 0. The molecule has 3 N–H and O–H groups in total. The molecular formula is C14H26N2O4. The maximum atomic E-state index is 11.7. The first kappa shape index (κ1) is 16.8. The standard InChI is InChI=1S/C14H26N2O4/c1-14(2,3)20-13(19)16-11-6-4-5-10(9-11)15-8-7-12(17)18/h10-11,15H,4-9H2,1-3H3,(H,16,19)(H,17,18). The molecule has 1 aliphatic carbocycles. The third kappa shape index (κ3) is 7.33. The van der Waals surface area contributed by atoms with Crippen LogP contribution in [-0.2, 0) is 9.53 Å². The van der Waals surface area contributed by atoms with Crippen LogP contribution in [0.3, 0.4) is 0 Å². The molecule has 2 atom stereocenters. The molecule has 0 saturated heterocycles. The molecule has 1 fully saturated rings. The van der Waals surface area contributed by atoms with Gasteiger partial charge in [-0.15, -0.1) is 0 Å². The Morgan fingerprint density at radius 3 is 2.50 bits per heavy atom. The summed E-state index contributed by atoms with van der Waals surface area (Å²) < 4.78 is 5.24. The van der Waals surface area contributed by atoms with Crippen LogP contribution in [0.25, 0.3) is 0 Å². The fourth-order valence-corrected chi connectivity index (χ4v) is 2.36. The highest BCUT2D eigenvalue weighted by Crippen LogP contribution is 2.19. The van der Waals surface area contributed by atoms with Gasteiger partial charge in [-0.2, -0.15) is 0 Å². The molecule has 116 valence electrons. The van der Waals surface area contributed by atoms with E-state index >= 15 is 0 Å². The molecule has 0 radical (unpaired) electrons. The number of carboxylic acids is 1. The molecule has 0 spiro atoms. The van der Waals surface area contributed by atoms with Crippen LogP contribution in [0.5, 0.6) is 0 Å². The first-order valence-corrected chi connectivity index (χ1v) is 7.21. The van der Waals surface area contributed by atoms with Gasteiger partial charge in [0.25, 0.3) is 0 Å². The van der Waals surface area contributed by atoms with Crippen molar-refractivity contribution in [1.82, 2.24) is 10.6 Å². The van der Waals surface area contributed by atoms with Crippen LogP contribution in [0.1, 0.15) is 52.9 Å². The first-order chi connectivity index (χ1) is 9.26. The lowest BCUT2D eigenvalue weighted by Gasteiger charge is -2.31. The Morgan fingerprint density at radius 2 is 1.90 bits per heavy atom. The molecule has 6 nitrogen and oxygen atoms in total. The number of nitrogens with one attached hydrogen (secondary N) is 2. The van der Waals surface area contributed by atoms with E-state index in [0.29, 0.717) is 6.54 Å². The van der Waals surface area contributed by atoms with Crippen molar-refractivity contribution < 1.29 is 19.4 Å². The minimum atomic E-state index is -0.795. The molecule has 1 amide bonds. The second-order valence-corrected chi connectivity index (χ2v) is 6.30. The van der Waals surface area contributed by atoms with Crippen molar-refractivity contribution in [2.75, 3.05) is 6.54 Å². The van der Waals surface area contributed by atoms with E-state index in [4.69, 9.17) is 9.84 Å². The van der Waals surface area contributed by atoms with Crippen LogP contribution >= 0.6 is 0 Å². The summed E-state index contributed by atoms with van der Waals surface area (Å²) in [6.45, 7) is 5.98. The van der Waals surface area contributed by atoms with E-state index in [-0.39, 0.29) is 24.6 Å². The average Bonchev–Trinajstić information content (AvgIpc) is 2.26. The fourth-order valence-electron chi connectivity index (χ4n) is 2.36. The molecule has 6 heteroatoms. The van der Waals surface area contributed by atoms with E-state index in [2.05, 4.69) is 10.6 Å². The molecule has 1 rings (SSSR count). The molecule has 1 saturated carbocycles. The second-order valence-electron chi connectivity index (χ2n) is 6.30. The minimum absolute atomic E-state index is 0.0981. The predicted molar refractivity (Wildman–Crippen MR) is 75.7 cm³/mol. The molecule has 2 unspecified atom stereocenters. The molecule has 0 heterocycles. The van der Waals surface area contributed by atoms with Gasteiger partial charge >= 0.3 is 12.1 Å². The van der Waals surface area contributed by atoms with Crippen molar-refractivity contribution in [3.8, 4) is 0 Å². The summed E-state index contributed by atoms with van der Waals surface area (Å²) in [6, 6.07) is 0.365. The summed E-state index contributed by atoms with van der Waals surface area (Å²) >= 11 is 0. The first-order valence-electron chi connectivity index (χ1n) is 7.21. The third-order valence-corrected chi connectivity index (χ3v) is 3.17. The van der Waals surface area contributed by atoms with E-state index in [1.807, 2.05) is 20.8 Å². The van der Waals surface area contributed by atoms with Crippen LogP contribution in [0, 0.1) is 0 Å². The zero-order valence-corrected chi connectivity index (χ0v) is 12.6. The molecule has 20 heavy (non-hydrogen) atoms. The highest BCUT2D eigenvalue weighted by molar-refractivity contribution is 5.68. The Kier molecular flexibility index (Phi) is 6.26. The van der Waals surface area contributed by atoms with Crippen molar-refractivity contribution in [2.45, 2.75) is 70.6 Å². The van der Waals surface area contributed by atoms with Gasteiger partial charge in [0, 0.05) is 18.6 Å². The second kappa shape index (κ2) is 7.47. The van der Waals surface area contributed by atoms with E-state index in [1.165, 1.54) is 0 Å². The van der Waals surface area contributed by atoms with E-state index in [0.717, 1.165) is 25.7 Å². The smallest absolute Gasteiger partial charge is 0.407 e. The average molecular weight is 286 g/mol. The molecule has 0 aromatic heterocycles. The third-order valence-electron chi connectivity index (χ3n) is 3.17. The van der Waals surface area contributed by atoms with E-state index in [9.17, 15) is 9.59 Å². The van der Waals surface area contributed by atoms with Crippen LogP contribution < -0.4 is 10.6 Å². The largest absolute Gasteiger partial charge is 0.481 e. The number of alkyl carbamates (subject to hydrolysis) is 1. The summed E-state index contributed by atoms with van der Waals surface area (Å²) in [4.78, 5) is 22.2. The van der Waals surface area contributed by atoms with Crippen LogP contribution in [0.4, 0.5) is 4.79 Å². The number of carbonyl (C=O) groups is 2. The maximum absolute atomic E-state index is 11.7. The van der Waals surface area contributed by atoms with Crippen molar-refractivity contribution in [3.05, 3.63) is 0 Å². The normalized spacial score (nSPS) is 23.1. The van der Waals surface area contributed by atoms with E-state index < -0.39 is 11.6 Å². The molecule has 0 aliphatic heterocycles. The topological polar surface area (TPSA) is 87.7 Å². The van der Waals surface area contributed by atoms with Gasteiger partial charge in [-0.05, 0) is 46.5 Å². The van der Waals surface area contributed by atoms with E-state index in [1.54, 1.807) is 0 Å². The predicted octanol–water partition coefficient (Wildman–Crippen LogP) is 1.89. The summed E-state index contributed by atoms with van der Waals surface area (Å²) in [5.74, 6) is -0.795. The molecular weight excluding hydrogens is 260 g/mol. The fraction of sp³-hybridized carbons (Fsp3) is 0.857. The molecule has 0 aromatic rings. The number of rotatable bonds is 5. The van der Waals surface area contributed by atoms with Crippen LogP contribution in [0.2, 0.25) is 0 Å². The van der Waals surface area contributed by atoms with Gasteiger partial charge < -0.3 is 20.5 Å². The van der Waals surface area contributed by atoms with Gasteiger partial charge in [0.2, 0.25) is 0 Å². The Hall–Kier alpha value is -1.30. The van der Waals surface area contributed by atoms with Crippen molar-refractivity contribution in [2.24, 2.45) is 0 Å². The number of ether oxygens (including phenoxy) is 1. The number of carboxylic acid groups (broad SMARTS) is 1. The Balaban J connectivity index is 2.30. The number of carbonyl (C=O) groups excluding carboxylic acids is 1.